The van der Waals surface area contributed by atoms with Crippen LogP contribution in [-0.2, 0) is 0 Å². The summed E-state index contributed by atoms with van der Waals surface area (Å²) in [5.41, 5.74) is 5.58. The van der Waals surface area contributed by atoms with E-state index in [1.54, 1.807) is 18.2 Å². The number of unbranched alkanes of at least 4 members (excludes halogenated alkanes) is 1. The second-order valence-electron chi connectivity index (χ2n) is 3.21. The van der Waals surface area contributed by atoms with Gasteiger partial charge in [-0.1, -0.05) is 24.9 Å². The van der Waals surface area contributed by atoms with Gasteiger partial charge in [0.2, 0.25) is 0 Å². The summed E-state index contributed by atoms with van der Waals surface area (Å²) in [4.78, 5) is 11.1. The highest BCUT2D eigenvalue weighted by Gasteiger charge is 2.09. The molecule has 0 unspecified atom stereocenters. The van der Waals surface area contributed by atoms with Crippen molar-refractivity contribution in [3.8, 4) is 5.75 Å². The van der Waals surface area contributed by atoms with E-state index in [0.29, 0.717) is 22.9 Å². The van der Waals surface area contributed by atoms with Crippen molar-refractivity contribution in [1.29, 1.82) is 0 Å². The Kier molecular flexibility index (Phi) is 4.43. The van der Waals surface area contributed by atoms with Crippen molar-refractivity contribution in [2.24, 2.45) is 5.73 Å². The van der Waals surface area contributed by atoms with Gasteiger partial charge in [-0.2, -0.15) is 0 Å². The molecule has 0 saturated carbocycles. The molecule has 0 radical (unpaired) electrons. The number of primary amides is 1. The van der Waals surface area contributed by atoms with Gasteiger partial charge in [0.15, 0.2) is 0 Å². The molecule has 3 nitrogen and oxygen atoms in total. The van der Waals surface area contributed by atoms with Crippen LogP contribution in [0.15, 0.2) is 18.2 Å². The third-order valence-electron chi connectivity index (χ3n) is 1.96. The van der Waals surface area contributed by atoms with Gasteiger partial charge < -0.3 is 10.5 Å². The molecule has 2 N–H and O–H groups in total. The molecule has 1 aromatic carbocycles. The summed E-state index contributed by atoms with van der Waals surface area (Å²) in [6, 6.07) is 4.80. The Hall–Kier alpha value is -1.22. The Balaban J connectivity index is 2.82. The Morgan fingerprint density at radius 3 is 2.87 bits per heavy atom. The molecule has 0 saturated heterocycles. The van der Waals surface area contributed by atoms with Crippen LogP contribution in [0.5, 0.6) is 5.75 Å². The molecule has 1 amide bonds. The van der Waals surface area contributed by atoms with Crippen molar-refractivity contribution < 1.29 is 9.53 Å². The zero-order valence-corrected chi connectivity index (χ0v) is 9.38. The highest BCUT2D eigenvalue weighted by atomic mass is 35.5. The molecule has 0 aromatic heterocycles. The number of carbonyl (C=O) groups is 1. The monoisotopic (exact) mass is 227 g/mol. The van der Waals surface area contributed by atoms with E-state index >= 15 is 0 Å². The molecule has 0 bridgehead atoms. The Morgan fingerprint density at radius 1 is 1.53 bits per heavy atom. The number of hydrogen-bond donors (Lipinski definition) is 1. The average Bonchev–Trinajstić information content (AvgIpc) is 2.18. The minimum Gasteiger partial charge on any atom is -0.493 e. The van der Waals surface area contributed by atoms with Gasteiger partial charge >= 0.3 is 0 Å². The highest BCUT2D eigenvalue weighted by molar-refractivity contribution is 6.30. The number of hydrogen-bond acceptors (Lipinski definition) is 2. The molecule has 0 atom stereocenters. The first kappa shape index (κ1) is 11.9. The van der Waals surface area contributed by atoms with Crippen LogP contribution in [0.2, 0.25) is 5.02 Å². The SMILES string of the molecule is CCCCOc1cc(Cl)ccc1C(N)=O. The van der Waals surface area contributed by atoms with Crippen LogP contribution in [0.25, 0.3) is 0 Å². The summed E-state index contributed by atoms with van der Waals surface area (Å²) in [6.45, 7) is 2.63. The predicted molar refractivity (Wildman–Crippen MR) is 60.4 cm³/mol. The van der Waals surface area contributed by atoms with Crippen molar-refractivity contribution in [3.63, 3.8) is 0 Å². The minimum absolute atomic E-state index is 0.371. The molecule has 4 heteroatoms. The van der Waals surface area contributed by atoms with Gasteiger partial charge in [-0.3, -0.25) is 4.79 Å². The van der Waals surface area contributed by atoms with Crippen molar-refractivity contribution in [2.45, 2.75) is 19.8 Å². The molecular formula is C11H14ClNO2. The first-order valence-electron chi connectivity index (χ1n) is 4.87. The van der Waals surface area contributed by atoms with Crippen molar-refractivity contribution in [2.75, 3.05) is 6.61 Å². The Bertz CT molecular complexity index is 352. The maximum Gasteiger partial charge on any atom is 0.252 e. The lowest BCUT2D eigenvalue weighted by molar-refractivity contribution is 0.0996. The lowest BCUT2D eigenvalue weighted by Crippen LogP contribution is -2.13. The van der Waals surface area contributed by atoms with Gasteiger partial charge in [0.05, 0.1) is 12.2 Å². The molecular weight excluding hydrogens is 214 g/mol. The van der Waals surface area contributed by atoms with E-state index in [2.05, 4.69) is 6.92 Å². The normalized spacial score (nSPS) is 10.0. The molecule has 0 spiro atoms. The van der Waals surface area contributed by atoms with Crippen LogP contribution in [0, 0.1) is 0 Å². The van der Waals surface area contributed by atoms with Crippen LogP contribution in [0.3, 0.4) is 0 Å². The smallest absolute Gasteiger partial charge is 0.252 e. The molecule has 1 rings (SSSR count). The summed E-state index contributed by atoms with van der Waals surface area (Å²) in [7, 11) is 0. The van der Waals surface area contributed by atoms with E-state index < -0.39 is 5.91 Å². The molecule has 0 aliphatic carbocycles. The predicted octanol–water partition coefficient (Wildman–Crippen LogP) is 2.62. The first-order chi connectivity index (χ1) is 7.15. The zero-order valence-electron chi connectivity index (χ0n) is 8.63. The summed E-state index contributed by atoms with van der Waals surface area (Å²) >= 11 is 5.80. The van der Waals surface area contributed by atoms with Crippen molar-refractivity contribution >= 4 is 17.5 Å². The van der Waals surface area contributed by atoms with E-state index in [1.807, 2.05) is 0 Å². The standard InChI is InChI=1S/C11H14ClNO2/c1-2-3-6-15-10-7-8(12)4-5-9(10)11(13)14/h4-5,7H,2-3,6H2,1H3,(H2,13,14). The quantitative estimate of drug-likeness (QED) is 0.787. The second kappa shape index (κ2) is 5.61. The lowest BCUT2D eigenvalue weighted by Gasteiger charge is -2.09. The summed E-state index contributed by atoms with van der Waals surface area (Å²) in [6.07, 6.45) is 1.97. The average molecular weight is 228 g/mol. The number of halogens is 1. The van der Waals surface area contributed by atoms with Gasteiger partial charge in [-0.25, -0.2) is 0 Å². The molecule has 0 fully saturated rings. The molecule has 0 heterocycles. The number of ether oxygens (including phenoxy) is 1. The van der Waals surface area contributed by atoms with E-state index in [9.17, 15) is 4.79 Å². The fourth-order valence-electron chi connectivity index (χ4n) is 1.15. The maximum atomic E-state index is 11.1. The van der Waals surface area contributed by atoms with E-state index in [4.69, 9.17) is 22.1 Å². The van der Waals surface area contributed by atoms with Crippen LogP contribution in [0.1, 0.15) is 30.1 Å². The fourth-order valence-corrected chi connectivity index (χ4v) is 1.31. The van der Waals surface area contributed by atoms with Gasteiger partial charge in [-0.05, 0) is 24.6 Å². The molecule has 1 aromatic rings. The first-order valence-corrected chi connectivity index (χ1v) is 5.25. The van der Waals surface area contributed by atoms with Crippen LogP contribution in [-0.4, -0.2) is 12.5 Å². The van der Waals surface area contributed by atoms with Crippen LogP contribution < -0.4 is 10.5 Å². The summed E-state index contributed by atoms with van der Waals surface area (Å²) in [5, 5.41) is 0.534. The topological polar surface area (TPSA) is 52.3 Å². The molecule has 82 valence electrons. The zero-order chi connectivity index (χ0) is 11.3. The molecule has 0 aliphatic heterocycles. The number of nitrogens with two attached hydrogens (primary N) is 1. The Labute approximate surface area is 94.2 Å². The van der Waals surface area contributed by atoms with Gasteiger partial charge in [0.25, 0.3) is 5.91 Å². The Morgan fingerprint density at radius 2 is 2.27 bits per heavy atom. The van der Waals surface area contributed by atoms with E-state index in [0.717, 1.165) is 12.8 Å². The number of carbonyl (C=O) groups excluding carboxylic acids is 1. The maximum absolute atomic E-state index is 11.1. The van der Waals surface area contributed by atoms with Crippen molar-refractivity contribution in [3.05, 3.63) is 28.8 Å². The van der Waals surface area contributed by atoms with Crippen molar-refractivity contribution in [1.82, 2.24) is 0 Å². The third kappa shape index (κ3) is 3.44. The minimum atomic E-state index is -0.502. The largest absolute Gasteiger partial charge is 0.493 e. The third-order valence-corrected chi connectivity index (χ3v) is 2.20. The van der Waals surface area contributed by atoms with E-state index in [-0.39, 0.29) is 0 Å². The number of benzene rings is 1. The van der Waals surface area contributed by atoms with Gasteiger partial charge in [0.1, 0.15) is 5.75 Å². The summed E-state index contributed by atoms with van der Waals surface area (Å²) < 4.78 is 5.43. The van der Waals surface area contributed by atoms with Gasteiger partial charge in [-0.15, -0.1) is 0 Å². The highest BCUT2D eigenvalue weighted by Crippen LogP contribution is 2.23. The lowest BCUT2D eigenvalue weighted by atomic mass is 10.2. The number of amides is 1. The van der Waals surface area contributed by atoms with Crippen LogP contribution >= 0.6 is 11.6 Å². The van der Waals surface area contributed by atoms with Crippen LogP contribution in [0.4, 0.5) is 0 Å². The number of rotatable bonds is 5. The molecule has 0 aliphatic rings. The summed E-state index contributed by atoms with van der Waals surface area (Å²) in [5.74, 6) is -0.0402. The fraction of sp³-hybridized carbons (Fsp3) is 0.364. The molecule has 15 heavy (non-hydrogen) atoms. The van der Waals surface area contributed by atoms with E-state index in [1.165, 1.54) is 0 Å². The van der Waals surface area contributed by atoms with Gasteiger partial charge in [0, 0.05) is 5.02 Å². The second-order valence-corrected chi connectivity index (χ2v) is 3.64.